The van der Waals surface area contributed by atoms with Gasteiger partial charge in [-0.2, -0.15) is 0 Å². The number of carbonyl (C=O) groups excluding carboxylic acids is 1. The predicted octanol–water partition coefficient (Wildman–Crippen LogP) is 3.27. The predicted molar refractivity (Wildman–Crippen MR) is 97.7 cm³/mol. The number of hydrogen-bond donors (Lipinski definition) is 1. The van der Waals surface area contributed by atoms with Crippen LogP contribution in [0.1, 0.15) is 44.2 Å². The Morgan fingerprint density at radius 2 is 2.00 bits per heavy atom. The number of amides is 1. The summed E-state index contributed by atoms with van der Waals surface area (Å²) in [4.78, 5) is 31.5. The number of rotatable bonds is 5. The third-order valence-corrected chi connectivity index (χ3v) is 5.89. The molecule has 2 aromatic heterocycles. The Labute approximate surface area is 144 Å². The fourth-order valence-corrected chi connectivity index (χ4v) is 4.49. The van der Waals surface area contributed by atoms with Crippen molar-refractivity contribution < 1.29 is 4.79 Å². The normalized spacial score (nSPS) is 12.8. The molecular formula is C16H23N3O2S2. The van der Waals surface area contributed by atoms with Crippen LogP contribution >= 0.6 is 23.1 Å². The lowest BCUT2D eigenvalue weighted by Crippen LogP contribution is -2.32. The van der Waals surface area contributed by atoms with Gasteiger partial charge in [0, 0.05) is 17.5 Å². The van der Waals surface area contributed by atoms with Crippen LogP contribution in [-0.4, -0.2) is 27.3 Å². The summed E-state index contributed by atoms with van der Waals surface area (Å²) >= 11 is 2.87. The molecule has 23 heavy (non-hydrogen) atoms. The summed E-state index contributed by atoms with van der Waals surface area (Å²) in [6, 6.07) is -0.0112. The molecule has 1 N–H and O–H groups in total. The number of hydrogen-bond acceptors (Lipinski definition) is 5. The zero-order valence-corrected chi connectivity index (χ0v) is 16.0. The van der Waals surface area contributed by atoms with E-state index in [4.69, 9.17) is 0 Å². The molecular weight excluding hydrogens is 330 g/mol. The molecule has 0 aliphatic rings. The van der Waals surface area contributed by atoms with Gasteiger partial charge in [0.05, 0.1) is 10.6 Å². The molecule has 0 spiro atoms. The van der Waals surface area contributed by atoms with Gasteiger partial charge < -0.3 is 5.32 Å². The second-order valence-corrected chi connectivity index (χ2v) is 8.29. The molecule has 1 amide bonds. The maximum Gasteiger partial charge on any atom is 0.263 e. The molecule has 0 bridgehead atoms. The quantitative estimate of drug-likeness (QED) is 0.662. The Hall–Kier alpha value is -1.34. The molecule has 126 valence electrons. The van der Waals surface area contributed by atoms with Crippen LogP contribution in [0.3, 0.4) is 0 Å². The molecule has 0 saturated heterocycles. The molecule has 0 aliphatic heterocycles. The maximum absolute atomic E-state index is 12.9. The van der Waals surface area contributed by atoms with E-state index in [0.717, 1.165) is 15.3 Å². The zero-order chi connectivity index (χ0) is 17.3. The summed E-state index contributed by atoms with van der Waals surface area (Å²) in [5.74, 6) is -0.0410. The van der Waals surface area contributed by atoms with E-state index in [0.29, 0.717) is 17.1 Å². The number of aryl methyl sites for hydroxylation is 2. The second-order valence-electron chi connectivity index (χ2n) is 5.78. The lowest BCUT2D eigenvalue weighted by Gasteiger charge is -2.17. The highest BCUT2D eigenvalue weighted by Gasteiger charge is 2.22. The van der Waals surface area contributed by atoms with Crippen LogP contribution in [-0.2, 0) is 4.79 Å². The molecule has 0 aromatic carbocycles. The van der Waals surface area contributed by atoms with Crippen LogP contribution in [0.2, 0.25) is 0 Å². The first-order chi connectivity index (χ1) is 10.8. The minimum absolute atomic E-state index is 0.0112. The van der Waals surface area contributed by atoms with Crippen molar-refractivity contribution in [3.63, 3.8) is 0 Å². The Balaban J connectivity index is 2.57. The lowest BCUT2D eigenvalue weighted by atomic mass is 10.2. The van der Waals surface area contributed by atoms with Crippen molar-refractivity contribution in [2.75, 3.05) is 6.54 Å². The van der Waals surface area contributed by atoms with Gasteiger partial charge in [-0.15, -0.1) is 11.3 Å². The van der Waals surface area contributed by atoms with Gasteiger partial charge in [-0.05, 0) is 47.1 Å². The standard InChI is InChI=1S/C16H23N3O2S2/c1-7-17-13(20)11(6)23-16-18-14-12(9(4)10(5)22-14)15(21)19(16)8(2)3/h8,11H,7H2,1-6H3,(H,17,20)/t11-/m0/s1. The van der Waals surface area contributed by atoms with E-state index in [9.17, 15) is 9.59 Å². The topological polar surface area (TPSA) is 64.0 Å². The summed E-state index contributed by atoms with van der Waals surface area (Å²) in [6.07, 6.45) is 0. The molecule has 2 heterocycles. The van der Waals surface area contributed by atoms with Crippen LogP contribution < -0.4 is 10.9 Å². The molecule has 0 aliphatic carbocycles. The van der Waals surface area contributed by atoms with Crippen molar-refractivity contribution in [1.82, 2.24) is 14.9 Å². The highest BCUT2D eigenvalue weighted by Crippen LogP contribution is 2.30. The highest BCUT2D eigenvalue weighted by molar-refractivity contribution is 8.00. The van der Waals surface area contributed by atoms with Crippen LogP contribution in [0.25, 0.3) is 10.2 Å². The van der Waals surface area contributed by atoms with Crippen LogP contribution in [0.15, 0.2) is 9.95 Å². The number of thiophene rings is 1. The molecule has 2 aromatic rings. The zero-order valence-electron chi connectivity index (χ0n) is 14.4. The third kappa shape index (κ3) is 3.45. The Kier molecular flexibility index (Phi) is 5.52. The van der Waals surface area contributed by atoms with Gasteiger partial charge in [-0.3, -0.25) is 14.2 Å². The highest BCUT2D eigenvalue weighted by atomic mass is 32.2. The molecule has 1 atom stereocenters. The molecule has 0 unspecified atom stereocenters. The van der Waals surface area contributed by atoms with Crippen molar-refractivity contribution >= 4 is 39.2 Å². The first-order valence-corrected chi connectivity index (χ1v) is 9.44. The summed E-state index contributed by atoms with van der Waals surface area (Å²) in [5.41, 5.74) is 0.989. The Morgan fingerprint density at radius 3 is 2.57 bits per heavy atom. The fraction of sp³-hybridized carbons (Fsp3) is 0.562. The first-order valence-electron chi connectivity index (χ1n) is 7.74. The van der Waals surface area contributed by atoms with Gasteiger partial charge in [0.15, 0.2) is 5.16 Å². The Bertz CT molecular complexity index is 793. The van der Waals surface area contributed by atoms with E-state index in [1.165, 1.54) is 23.1 Å². The van der Waals surface area contributed by atoms with Crippen molar-refractivity contribution in [3.05, 3.63) is 20.8 Å². The summed E-state index contributed by atoms with van der Waals surface area (Å²) < 4.78 is 1.70. The first kappa shape index (κ1) is 18.0. The smallest absolute Gasteiger partial charge is 0.263 e. The number of thioether (sulfide) groups is 1. The number of aromatic nitrogens is 2. The van der Waals surface area contributed by atoms with Crippen LogP contribution in [0, 0.1) is 13.8 Å². The fourth-order valence-electron chi connectivity index (χ4n) is 2.36. The van der Waals surface area contributed by atoms with Gasteiger partial charge in [0.2, 0.25) is 5.91 Å². The largest absolute Gasteiger partial charge is 0.355 e. The van der Waals surface area contributed by atoms with Crippen molar-refractivity contribution in [2.24, 2.45) is 0 Å². The van der Waals surface area contributed by atoms with Crippen LogP contribution in [0.4, 0.5) is 0 Å². The SMILES string of the molecule is CCNC(=O)[C@H](C)Sc1nc2sc(C)c(C)c2c(=O)n1C(C)C. The third-order valence-electron chi connectivity index (χ3n) is 3.72. The second kappa shape index (κ2) is 7.05. The molecule has 0 radical (unpaired) electrons. The van der Waals surface area contributed by atoms with E-state index in [-0.39, 0.29) is 22.8 Å². The van der Waals surface area contributed by atoms with E-state index >= 15 is 0 Å². The summed E-state index contributed by atoms with van der Waals surface area (Å²) in [7, 11) is 0. The number of nitrogens with zero attached hydrogens (tertiary/aromatic N) is 2. The van der Waals surface area contributed by atoms with Gasteiger partial charge in [0.1, 0.15) is 4.83 Å². The van der Waals surface area contributed by atoms with E-state index in [2.05, 4.69) is 10.3 Å². The monoisotopic (exact) mass is 353 g/mol. The van der Waals surface area contributed by atoms with E-state index in [1.54, 1.807) is 4.57 Å². The van der Waals surface area contributed by atoms with Crippen molar-refractivity contribution in [3.8, 4) is 0 Å². The average Bonchev–Trinajstić information content (AvgIpc) is 2.73. The van der Waals surface area contributed by atoms with Gasteiger partial charge in [0.25, 0.3) is 5.56 Å². The van der Waals surface area contributed by atoms with Gasteiger partial charge in [-0.25, -0.2) is 4.98 Å². The summed E-state index contributed by atoms with van der Waals surface area (Å²) in [6.45, 7) is 12.2. The lowest BCUT2D eigenvalue weighted by molar-refractivity contribution is -0.120. The number of fused-ring (bicyclic) bond motifs is 1. The minimum Gasteiger partial charge on any atom is -0.355 e. The Morgan fingerprint density at radius 1 is 1.35 bits per heavy atom. The molecule has 0 fully saturated rings. The van der Waals surface area contributed by atoms with Crippen molar-refractivity contribution in [2.45, 2.75) is 58.0 Å². The van der Waals surface area contributed by atoms with E-state index < -0.39 is 0 Å². The number of nitrogens with one attached hydrogen (secondary N) is 1. The van der Waals surface area contributed by atoms with Gasteiger partial charge in [-0.1, -0.05) is 11.8 Å². The molecule has 2 rings (SSSR count). The number of carbonyl (C=O) groups is 1. The van der Waals surface area contributed by atoms with E-state index in [1.807, 2.05) is 41.5 Å². The summed E-state index contributed by atoms with van der Waals surface area (Å²) in [5, 5.41) is 3.82. The van der Waals surface area contributed by atoms with Gasteiger partial charge >= 0.3 is 0 Å². The maximum atomic E-state index is 12.9. The molecule has 7 heteroatoms. The molecule has 0 saturated carbocycles. The average molecular weight is 354 g/mol. The van der Waals surface area contributed by atoms with Crippen molar-refractivity contribution in [1.29, 1.82) is 0 Å². The van der Waals surface area contributed by atoms with Crippen LogP contribution in [0.5, 0.6) is 0 Å². The molecule has 5 nitrogen and oxygen atoms in total. The minimum atomic E-state index is -0.300.